The van der Waals surface area contributed by atoms with Gasteiger partial charge in [-0.3, -0.25) is 4.90 Å². The van der Waals surface area contributed by atoms with Crippen LogP contribution in [-0.2, 0) is 6.54 Å². The van der Waals surface area contributed by atoms with Crippen molar-refractivity contribution in [1.82, 2.24) is 10.2 Å². The summed E-state index contributed by atoms with van der Waals surface area (Å²) in [5.74, 6) is 3.41. The Hall–Kier alpha value is -1.26. The highest BCUT2D eigenvalue weighted by Crippen LogP contribution is 2.33. The molecule has 2 unspecified atom stereocenters. The molecule has 1 aromatic carbocycles. The predicted octanol–water partition coefficient (Wildman–Crippen LogP) is 1.75. The molecule has 2 atom stereocenters. The molecule has 2 saturated heterocycles. The fourth-order valence-electron chi connectivity index (χ4n) is 3.57. The second-order valence-electron chi connectivity index (χ2n) is 5.85. The molecule has 0 radical (unpaired) electrons. The Balaban J connectivity index is 1.71. The summed E-state index contributed by atoms with van der Waals surface area (Å²) in [4.78, 5) is 2.55. The quantitative estimate of drug-likeness (QED) is 0.908. The number of piperidine rings is 1. The summed E-state index contributed by atoms with van der Waals surface area (Å²) in [6.45, 7) is 5.71. The highest BCUT2D eigenvalue weighted by Gasteiger charge is 2.32. The van der Waals surface area contributed by atoms with Crippen molar-refractivity contribution < 1.29 is 9.47 Å². The minimum Gasteiger partial charge on any atom is -0.493 e. The van der Waals surface area contributed by atoms with Gasteiger partial charge in [0.2, 0.25) is 0 Å². The number of fused-ring (bicyclic) bond motifs is 1. The third-order valence-corrected chi connectivity index (χ3v) is 4.67. The van der Waals surface area contributed by atoms with Crippen molar-refractivity contribution in [1.29, 1.82) is 0 Å². The molecule has 4 nitrogen and oxygen atoms in total. The third-order valence-electron chi connectivity index (χ3n) is 4.67. The molecule has 1 N–H and O–H groups in total. The standard InChI is InChI=1S/C16H24N2O2/c1-19-15-5-3-4-13(16(15)20-2)10-18-7-6-12-8-17-9-14(12)11-18/h3-5,12,14,17H,6-11H2,1-2H3. The first kappa shape index (κ1) is 13.7. The highest BCUT2D eigenvalue weighted by atomic mass is 16.5. The first-order chi connectivity index (χ1) is 9.81. The minimum absolute atomic E-state index is 0.820. The number of para-hydroxylation sites is 1. The number of hydrogen-bond donors (Lipinski definition) is 1. The van der Waals surface area contributed by atoms with E-state index < -0.39 is 0 Å². The predicted molar refractivity (Wildman–Crippen MR) is 79.3 cm³/mol. The average molecular weight is 276 g/mol. The summed E-state index contributed by atoms with van der Waals surface area (Å²) in [6.07, 6.45) is 1.31. The molecule has 0 aliphatic carbocycles. The summed E-state index contributed by atoms with van der Waals surface area (Å²) in [5.41, 5.74) is 1.22. The third kappa shape index (κ3) is 2.63. The van der Waals surface area contributed by atoms with Crippen molar-refractivity contribution in [2.75, 3.05) is 40.4 Å². The van der Waals surface area contributed by atoms with Crippen LogP contribution in [0.4, 0.5) is 0 Å². The van der Waals surface area contributed by atoms with E-state index in [0.717, 1.165) is 29.9 Å². The van der Waals surface area contributed by atoms with Crippen LogP contribution in [0.15, 0.2) is 18.2 Å². The van der Waals surface area contributed by atoms with Crippen LogP contribution in [0.3, 0.4) is 0 Å². The van der Waals surface area contributed by atoms with Gasteiger partial charge in [-0.25, -0.2) is 0 Å². The average Bonchev–Trinajstić information content (AvgIpc) is 2.94. The summed E-state index contributed by atoms with van der Waals surface area (Å²) in [5, 5.41) is 3.52. The van der Waals surface area contributed by atoms with E-state index in [1.54, 1.807) is 14.2 Å². The molecule has 3 rings (SSSR count). The number of ether oxygens (including phenoxy) is 2. The van der Waals surface area contributed by atoms with Crippen molar-refractivity contribution in [3.8, 4) is 11.5 Å². The van der Waals surface area contributed by atoms with Gasteiger partial charge in [0, 0.05) is 18.7 Å². The smallest absolute Gasteiger partial charge is 0.165 e. The summed E-state index contributed by atoms with van der Waals surface area (Å²) >= 11 is 0. The second kappa shape index (κ2) is 6.02. The van der Waals surface area contributed by atoms with Crippen LogP contribution >= 0.6 is 0 Å². The van der Waals surface area contributed by atoms with Crippen LogP contribution in [0.1, 0.15) is 12.0 Å². The second-order valence-corrected chi connectivity index (χ2v) is 5.85. The number of benzene rings is 1. The van der Waals surface area contributed by atoms with Crippen LogP contribution in [0.2, 0.25) is 0 Å². The van der Waals surface area contributed by atoms with Crippen LogP contribution < -0.4 is 14.8 Å². The molecule has 1 aromatic rings. The van der Waals surface area contributed by atoms with Crippen molar-refractivity contribution >= 4 is 0 Å². The molecule has 2 fully saturated rings. The van der Waals surface area contributed by atoms with Crippen LogP contribution in [0.5, 0.6) is 11.5 Å². The van der Waals surface area contributed by atoms with Crippen molar-refractivity contribution in [2.24, 2.45) is 11.8 Å². The van der Waals surface area contributed by atoms with Crippen LogP contribution in [-0.4, -0.2) is 45.3 Å². The van der Waals surface area contributed by atoms with Gasteiger partial charge >= 0.3 is 0 Å². The fraction of sp³-hybridized carbons (Fsp3) is 0.625. The molecule has 110 valence electrons. The Labute approximate surface area is 121 Å². The summed E-state index contributed by atoms with van der Waals surface area (Å²) in [7, 11) is 3.41. The topological polar surface area (TPSA) is 33.7 Å². The van der Waals surface area contributed by atoms with E-state index >= 15 is 0 Å². The van der Waals surface area contributed by atoms with E-state index in [1.165, 1.54) is 38.2 Å². The van der Waals surface area contributed by atoms with Crippen LogP contribution in [0, 0.1) is 11.8 Å². The van der Waals surface area contributed by atoms with Gasteiger partial charge in [0.15, 0.2) is 11.5 Å². The number of nitrogens with one attached hydrogen (secondary N) is 1. The number of methoxy groups -OCH3 is 2. The number of nitrogens with zero attached hydrogens (tertiary/aromatic N) is 1. The van der Waals surface area contributed by atoms with Crippen molar-refractivity contribution in [2.45, 2.75) is 13.0 Å². The van der Waals surface area contributed by atoms with Gasteiger partial charge in [0.05, 0.1) is 14.2 Å². The maximum atomic E-state index is 5.53. The molecular weight excluding hydrogens is 252 g/mol. The monoisotopic (exact) mass is 276 g/mol. The molecular formula is C16H24N2O2. The van der Waals surface area contributed by atoms with Gasteiger partial charge in [0.1, 0.15) is 0 Å². The normalized spacial score (nSPS) is 26.3. The fourth-order valence-corrected chi connectivity index (χ4v) is 3.57. The van der Waals surface area contributed by atoms with E-state index in [4.69, 9.17) is 9.47 Å². The van der Waals surface area contributed by atoms with Gasteiger partial charge in [-0.2, -0.15) is 0 Å². The Morgan fingerprint density at radius 3 is 2.85 bits per heavy atom. The lowest BCUT2D eigenvalue weighted by atomic mass is 9.88. The summed E-state index contributed by atoms with van der Waals surface area (Å²) in [6, 6.07) is 6.14. The maximum absolute atomic E-state index is 5.53. The molecule has 2 aliphatic rings. The molecule has 4 heteroatoms. The van der Waals surface area contributed by atoms with E-state index in [-0.39, 0.29) is 0 Å². The van der Waals surface area contributed by atoms with Gasteiger partial charge < -0.3 is 14.8 Å². The zero-order chi connectivity index (χ0) is 13.9. The molecule has 0 spiro atoms. The van der Waals surface area contributed by atoms with Gasteiger partial charge in [-0.05, 0) is 44.0 Å². The zero-order valence-electron chi connectivity index (χ0n) is 12.4. The zero-order valence-corrected chi connectivity index (χ0v) is 12.4. The lowest BCUT2D eigenvalue weighted by Gasteiger charge is -2.34. The molecule has 2 aliphatic heterocycles. The Morgan fingerprint density at radius 2 is 2.05 bits per heavy atom. The van der Waals surface area contributed by atoms with Gasteiger partial charge in [0.25, 0.3) is 0 Å². The molecule has 0 amide bonds. The Morgan fingerprint density at radius 1 is 1.20 bits per heavy atom. The van der Waals surface area contributed by atoms with Crippen LogP contribution in [0.25, 0.3) is 0 Å². The van der Waals surface area contributed by atoms with Crippen molar-refractivity contribution in [3.05, 3.63) is 23.8 Å². The molecule has 20 heavy (non-hydrogen) atoms. The first-order valence-corrected chi connectivity index (χ1v) is 7.44. The lowest BCUT2D eigenvalue weighted by Crippen LogP contribution is -2.39. The first-order valence-electron chi connectivity index (χ1n) is 7.44. The van der Waals surface area contributed by atoms with Crippen molar-refractivity contribution in [3.63, 3.8) is 0 Å². The number of hydrogen-bond acceptors (Lipinski definition) is 4. The minimum atomic E-state index is 0.820. The Kier molecular flexibility index (Phi) is 4.13. The highest BCUT2D eigenvalue weighted by molar-refractivity contribution is 5.46. The molecule has 0 saturated carbocycles. The van der Waals surface area contributed by atoms with E-state index in [2.05, 4.69) is 16.3 Å². The van der Waals surface area contributed by atoms with E-state index in [1.807, 2.05) is 12.1 Å². The molecule has 2 heterocycles. The number of rotatable bonds is 4. The van der Waals surface area contributed by atoms with E-state index in [9.17, 15) is 0 Å². The molecule has 0 aromatic heterocycles. The maximum Gasteiger partial charge on any atom is 0.165 e. The molecule has 0 bridgehead atoms. The summed E-state index contributed by atoms with van der Waals surface area (Å²) < 4.78 is 10.9. The number of likely N-dealkylation sites (tertiary alicyclic amines) is 1. The van der Waals surface area contributed by atoms with E-state index in [0.29, 0.717) is 0 Å². The van der Waals surface area contributed by atoms with Gasteiger partial charge in [-0.1, -0.05) is 12.1 Å². The van der Waals surface area contributed by atoms with Gasteiger partial charge in [-0.15, -0.1) is 0 Å². The Bertz CT molecular complexity index is 464. The lowest BCUT2D eigenvalue weighted by molar-refractivity contribution is 0.141. The SMILES string of the molecule is COc1cccc(CN2CCC3CNCC3C2)c1OC. The largest absolute Gasteiger partial charge is 0.493 e.